The minimum absolute atomic E-state index is 0.0546. The van der Waals surface area contributed by atoms with Crippen LogP contribution in [-0.4, -0.2) is 52.6 Å². The monoisotopic (exact) mass is 294 g/mol. The van der Waals surface area contributed by atoms with Crippen LogP contribution >= 0.6 is 0 Å². The molecule has 112 valence electrons. The molecule has 8 heteroatoms. The Morgan fingerprint density at radius 1 is 1.43 bits per heavy atom. The van der Waals surface area contributed by atoms with Gasteiger partial charge >= 0.3 is 5.97 Å². The van der Waals surface area contributed by atoms with E-state index in [2.05, 4.69) is 4.74 Å². The first-order valence-corrected chi connectivity index (χ1v) is 6.26. The van der Waals surface area contributed by atoms with Crippen molar-refractivity contribution in [2.24, 2.45) is 0 Å². The number of aliphatic hydroxyl groups excluding tert-OH is 1. The van der Waals surface area contributed by atoms with Gasteiger partial charge in [0, 0.05) is 19.0 Å². The molecule has 0 bridgehead atoms. The third-order valence-electron chi connectivity index (χ3n) is 3.34. The number of amides is 1. The average molecular weight is 294 g/mol. The fourth-order valence-corrected chi connectivity index (χ4v) is 2.37. The summed E-state index contributed by atoms with van der Waals surface area (Å²) < 4.78 is 4.60. The van der Waals surface area contributed by atoms with Crippen molar-refractivity contribution in [2.45, 2.75) is 18.6 Å². The molecule has 1 N–H and O–H groups in total. The molecule has 1 heterocycles. The summed E-state index contributed by atoms with van der Waals surface area (Å²) in [6, 6.07) is 4.55. The Bertz CT molecular complexity index is 588. The smallest absolute Gasteiger partial charge is 0.328 e. The van der Waals surface area contributed by atoms with Crippen molar-refractivity contribution >= 4 is 17.6 Å². The van der Waals surface area contributed by atoms with E-state index in [1.807, 2.05) is 0 Å². The SMILES string of the molecule is COC(=O)[C@@H]1C[C@@H](O)CN1C(=O)c1ccccc1[N+](=O)[O-]. The molecule has 1 fully saturated rings. The van der Waals surface area contributed by atoms with E-state index in [1.165, 1.54) is 31.4 Å². The number of likely N-dealkylation sites (tertiary alicyclic amines) is 1. The van der Waals surface area contributed by atoms with E-state index in [9.17, 15) is 24.8 Å². The zero-order valence-electron chi connectivity index (χ0n) is 11.3. The summed E-state index contributed by atoms with van der Waals surface area (Å²) in [5, 5.41) is 20.6. The maximum Gasteiger partial charge on any atom is 0.328 e. The van der Waals surface area contributed by atoms with Crippen LogP contribution in [0.1, 0.15) is 16.8 Å². The average Bonchev–Trinajstić information content (AvgIpc) is 2.87. The van der Waals surface area contributed by atoms with Gasteiger partial charge in [-0.3, -0.25) is 14.9 Å². The van der Waals surface area contributed by atoms with Crippen molar-refractivity contribution in [2.75, 3.05) is 13.7 Å². The van der Waals surface area contributed by atoms with Crippen molar-refractivity contribution in [3.05, 3.63) is 39.9 Å². The van der Waals surface area contributed by atoms with Gasteiger partial charge in [0.05, 0.1) is 18.1 Å². The number of β-amino-alcohol motifs (C(OH)–C–C–N with tert-alkyl or cyclic N) is 1. The van der Waals surface area contributed by atoms with Crippen LogP contribution in [0.2, 0.25) is 0 Å². The predicted octanol–water partition coefficient (Wildman–Crippen LogP) is 0.343. The molecule has 0 aromatic heterocycles. The molecule has 1 aromatic carbocycles. The molecule has 8 nitrogen and oxygen atoms in total. The topological polar surface area (TPSA) is 110 Å². The Kier molecular flexibility index (Phi) is 4.18. The molecule has 2 atom stereocenters. The van der Waals surface area contributed by atoms with Crippen molar-refractivity contribution in [3.63, 3.8) is 0 Å². The summed E-state index contributed by atoms with van der Waals surface area (Å²) in [7, 11) is 1.18. The Hall–Kier alpha value is -2.48. The number of nitro groups is 1. The van der Waals surface area contributed by atoms with Gasteiger partial charge in [0.25, 0.3) is 11.6 Å². The van der Waals surface area contributed by atoms with Gasteiger partial charge in [-0.05, 0) is 6.07 Å². The number of nitro benzene ring substituents is 1. The highest BCUT2D eigenvalue weighted by Gasteiger charge is 2.41. The van der Waals surface area contributed by atoms with E-state index >= 15 is 0 Å². The summed E-state index contributed by atoms with van der Waals surface area (Å²) in [5.74, 6) is -1.33. The fourth-order valence-electron chi connectivity index (χ4n) is 2.37. The van der Waals surface area contributed by atoms with Crippen LogP contribution in [0.3, 0.4) is 0 Å². The maximum absolute atomic E-state index is 12.5. The standard InChI is InChI=1S/C13H14N2O6/c1-21-13(18)11-6-8(16)7-14(11)12(17)9-4-2-3-5-10(9)15(19)20/h2-5,8,11,16H,6-7H2,1H3/t8-,11+/m1/s1. The number of hydrogen-bond donors (Lipinski definition) is 1. The molecule has 21 heavy (non-hydrogen) atoms. The summed E-state index contributed by atoms with van der Waals surface area (Å²) in [4.78, 5) is 35.5. The Morgan fingerprint density at radius 3 is 2.71 bits per heavy atom. The van der Waals surface area contributed by atoms with Gasteiger partial charge in [-0.25, -0.2) is 4.79 Å². The Labute approximate surface area is 120 Å². The highest BCUT2D eigenvalue weighted by molar-refractivity contribution is 6.00. The first kappa shape index (κ1) is 14.9. The highest BCUT2D eigenvalue weighted by Crippen LogP contribution is 2.25. The van der Waals surface area contributed by atoms with E-state index in [4.69, 9.17) is 0 Å². The highest BCUT2D eigenvalue weighted by atomic mass is 16.6. The minimum Gasteiger partial charge on any atom is -0.467 e. The molecule has 0 spiro atoms. The number of hydrogen-bond acceptors (Lipinski definition) is 6. The Morgan fingerprint density at radius 2 is 2.10 bits per heavy atom. The summed E-state index contributed by atoms with van der Waals surface area (Å²) in [6.45, 7) is -0.0648. The van der Waals surface area contributed by atoms with Crippen molar-refractivity contribution in [1.82, 2.24) is 4.90 Å². The number of benzene rings is 1. The zero-order valence-corrected chi connectivity index (χ0v) is 11.3. The van der Waals surface area contributed by atoms with Gasteiger partial charge < -0.3 is 14.7 Å². The molecular formula is C13H14N2O6. The second kappa shape index (κ2) is 5.88. The number of aliphatic hydroxyl groups is 1. The third-order valence-corrected chi connectivity index (χ3v) is 3.34. The van der Waals surface area contributed by atoms with Crippen molar-refractivity contribution < 1.29 is 24.4 Å². The number of carbonyl (C=O) groups is 2. The molecule has 1 aliphatic rings. The largest absolute Gasteiger partial charge is 0.467 e. The van der Waals surface area contributed by atoms with Crippen LogP contribution < -0.4 is 0 Å². The summed E-state index contributed by atoms with van der Waals surface area (Å²) in [5.41, 5.74) is -0.460. The number of nitrogens with zero attached hydrogens (tertiary/aromatic N) is 2. The van der Waals surface area contributed by atoms with E-state index in [-0.39, 0.29) is 24.2 Å². The van der Waals surface area contributed by atoms with Gasteiger partial charge in [0.2, 0.25) is 0 Å². The van der Waals surface area contributed by atoms with Crippen LogP contribution in [0.4, 0.5) is 5.69 Å². The first-order valence-electron chi connectivity index (χ1n) is 6.26. The molecule has 1 aliphatic heterocycles. The zero-order chi connectivity index (χ0) is 15.6. The number of para-hydroxylation sites is 1. The lowest BCUT2D eigenvalue weighted by atomic mass is 10.1. The lowest BCUT2D eigenvalue weighted by Gasteiger charge is -2.22. The van der Waals surface area contributed by atoms with E-state index in [0.29, 0.717) is 0 Å². The Balaban J connectivity index is 2.35. The third kappa shape index (κ3) is 2.84. The van der Waals surface area contributed by atoms with Crippen LogP contribution in [0.5, 0.6) is 0 Å². The van der Waals surface area contributed by atoms with Crippen molar-refractivity contribution in [1.29, 1.82) is 0 Å². The number of ether oxygens (including phenoxy) is 1. The molecule has 0 saturated carbocycles. The molecular weight excluding hydrogens is 280 g/mol. The lowest BCUT2D eigenvalue weighted by molar-refractivity contribution is -0.385. The number of rotatable bonds is 3. The predicted molar refractivity (Wildman–Crippen MR) is 70.6 cm³/mol. The van der Waals surface area contributed by atoms with Crippen LogP contribution in [0.25, 0.3) is 0 Å². The summed E-state index contributed by atoms with van der Waals surface area (Å²) >= 11 is 0. The molecule has 1 saturated heterocycles. The van der Waals surface area contributed by atoms with Gasteiger partial charge in [0.15, 0.2) is 0 Å². The van der Waals surface area contributed by atoms with Crippen LogP contribution in [-0.2, 0) is 9.53 Å². The molecule has 0 aliphatic carbocycles. The second-order valence-electron chi connectivity index (χ2n) is 4.66. The van der Waals surface area contributed by atoms with Gasteiger partial charge in [0.1, 0.15) is 11.6 Å². The van der Waals surface area contributed by atoms with Gasteiger partial charge in [-0.1, -0.05) is 12.1 Å². The van der Waals surface area contributed by atoms with Gasteiger partial charge in [-0.15, -0.1) is 0 Å². The quantitative estimate of drug-likeness (QED) is 0.489. The fraction of sp³-hybridized carbons (Fsp3) is 0.385. The molecule has 0 unspecified atom stereocenters. The maximum atomic E-state index is 12.5. The molecule has 2 rings (SSSR count). The number of carbonyl (C=O) groups excluding carboxylic acids is 2. The molecule has 0 radical (unpaired) electrons. The van der Waals surface area contributed by atoms with Gasteiger partial charge in [-0.2, -0.15) is 0 Å². The summed E-state index contributed by atoms with van der Waals surface area (Å²) in [6.07, 6.45) is -0.806. The van der Waals surface area contributed by atoms with E-state index in [0.717, 1.165) is 4.90 Å². The minimum atomic E-state index is -0.933. The normalized spacial score (nSPS) is 21.1. The molecule has 1 amide bonds. The van der Waals surface area contributed by atoms with E-state index < -0.39 is 28.9 Å². The van der Waals surface area contributed by atoms with Crippen molar-refractivity contribution in [3.8, 4) is 0 Å². The second-order valence-corrected chi connectivity index (χ2v) is 4.66. The first-order chi connectivity index (χ1) is 9.95. The van der Waals surface area contributed by atoms with Crippen LogP contribution in [0.15, 0.2) is 24.3 Å². The van der Waals surface area contributed by atoms with Crippen LogP contribution in [0, 0.1) is 10.1 Å². The number of esters is 1. The van der Waals surface area contributed by atoms with E-state index in [1.54, 1.807) is 0 Å². The molecule has 1 aromatic rings. The number of methoxy groups -OCH3 is 1. The lowest BCUT2D eigenvalue weighted by Crippen LogP contribution is -2.41.